The van der Waals surface area contributed by atoms with Gasteiger partial charge in [0.2, 0.25) is 5.91 Å². The number of carbonyl (C=O) groups is 1. The van der Waals surface area contributed by atoms with E-state index in [0.717, 1.165) is 25.8 Å². The average Bonchev–Trinajstić information content (AvgIpc) is 3.12. The third-order valence-corrected chi connectivity index (χ3v) is 4.47. The van der Waals surface area contributed by atoms with Crippen molar-refractivity contribution in [2.75, 3.05) is 6.54 Å². The first-order chi connectivity index (χ1) is 9.33. The van der Waals surface area contributed by atoms with Gasteiger partial charge in [0.25, 0.3) is 0 Å². The first-order valence-electron chi connectivity index (χ1n) is 7.66. The van der Waals surface area contributed by atoms with Crippen molar-refractivity contribution in [3.63, 3.8) is 0 Å². The Morgan fingerprint density at radius 3 is 2.68 bits per heavy atom. The van der Waals surface area contributed by atoms with E-state index < -0.39 is 0 Å². The summed E-state index contributed by atoms with van der Waals surface area (Å²) in [5.41, 5.74) is 1.39. The van der Waals surface area contributed by atoms with E-state index in [-0.39, 0.29) is 0 Å². The van der Waals surface area contributed by atoms with Gasteiger partial charge in [-0.1, -0.05) is 30.3 Å². The zero-order chi connectivity index (χ0) is 13.1. The smallest absolute Gasteiger partial charge is 0.223 e. The third kappa shape index (κ3) is 3.37. The van der Waals surface area contributed by atoms with Crippen LogP contribution in [0.15, 0.2) is 30.3 Å². The van der Waals surface area contributed by atoms with E-state index in [1.165, 1.54) is 31.2 Å². The summed E-state index contributed by atoms with van der Waals surface area (Å²) in [6.45, 7) is 0.991. The van der Waals surface area contributed by atoms with Crippen LogP contribution in [0.1, 0.15) is 44.1 Å². The maximum atomic E-state index is 12.2. The van der Waals surface area contributed by atoms with Crippen molar-refractivity contribution in [1.82, 2.24) is 4.90 Å². The fourth-order valence-electron chi connectivity index (χ4n) is 3.13. The van der Waals surface area contributed by atoms with E-state index in [1.807, 2.05) is 0 Å². The monoisotopic (exact) mass is 257 g/mol. The molecule has 1 amide bonds. The Hall–Kier alpha value is -1.31. The molecule has 0 spiro atoms. The maximum Gasteiger partial charge on any atom is 0.223 e. The normalized spacial score (nSPS) is 22.7. The van der Waals surface area contributed by atoms with Gasteiger partial charge < -0.3 is 4.90 Å². The Morgan fingerprint density at radius 1 is 1.16 bits per heavy atom. The lowest BCUT2D eigenvalue weighted by Crippen LogP contribution is -2.35. The van der Waals surface area contributed by atoms with E-state index in [0.29, 0.717) is 17.9 Å². The minimum Gasteiger partial charge on any atom is -0.340 e. The number of hydrogen-bond donors (Lipinski definition) is 0. The van der Waals surface area contributed by atoms with Crippen LogP contribution in [0.2, 0.25) is 0 Å². The SMILES string of the molecule is O=C(CC1CC1)N1CCCC1CCc1ccccc1. The van der Waals surface area contributed by atoms with Gasteiger partial charge in [0, 0.05) is 19.0 Å². The van der Waals surface area contributed by atoms with Crippen LogP contribution in [0.5, 0.6) is 0 Å². The molecule has 1 atom stereocenters. The van der Waals surface area contributed by atoms with Crippen LogP contribution in [0, 0.1) is 5.92 Å². The predicted molar refractivity (Wildman–Crippen MR) is 76.8 cm³/mol. The Morgan fingerprint density at radius 2 is 1.95 bits per heavy atom. The molecular formula is C17H23NO. The molecule has 0 aromatic heterocycles. The van der Waals surface area contributed by atoms with Crippen LogP contribution in [-0.2, 0) is 11.2 Å². The number of likely N-dealkylation sites (tertiary alicyclic amines) is 1. The second-order valence-corrected chi connectivity index (χ2v) is 6.05. The largest absolute Gasteiger partial charge is 0.340 e. The fraction of sp³-hybridized carbons (Fsp3) is 0.588. The number of aryl methyl sites for hydroxylation is 1. The van der Waals surface area contributed by atoms with E-state index >= 15 is 0 Å². The molecule has 2 aliphatic rings. The minimum atomic E-state index is 0.415. The van der Waals surface area contributed by atoms with E-state index in [4.69, 9.17) is 0 Å². The van der Waals surface area contributed by atoms with Crippen molar-refractivity contribution in [3.05, 3.63) is 35.9 Å². The molecule has 2 heteroatoms. The molecule has 0 radical (unpaired) electrons. The number of hydrogen-bond acceptors (Lipinski definition) is 1. The third-order valence-electron chi connectivity index (χ3n) is 4.47. The Kier molecular flexibility index (Phi) is 3.86. The van der Waals surface area contributed by atoms with Crippen molar-refractivity contribution in [3.8, 4) is 0 Å². The molecule has 1 saturated carbocycles. The Bertz CT molecular complexity index is 424. The van der Waals surface area contributed by atoms with Gasteiger partial charge in [-0.25, -0.2) is 0 Å². The maximum absolute atomic E-state index is 12.2. The van der Waals surface area contributed by atoms with Gasteiger partial charge in [-0.3, -0.25) is 4.79 Å². The highest BCUT2D eigenvalue weighted by Crippen LogP contribution is 2.34. The summed E-state index contributed by atoms with van der Waals surface area (Å²) >= 11 is 0. The summed E-state index contributed by atoms with van der Waals surface area (Å²) in [6.07, 6.45) is 7.96. The molecule has 2 nitrogen and oxygen atoms in total. The highest BCUT2D eigenvalue weighted by Gasteiger charge is 2.32. The Labute approximate surface area is 115 Å². The second kappa shape index (κ2) is 5.77. The van der Waals surface area contributed by atoms with Crippen molar-refractivity contribution >= 4 is 5.91 Å². The van der Waals surface area contributed by atoms with Crippen LogP contribution in [0.3, 0.4) is 0 Å². The molecule has 1 heterocycles. The molecule has 0 N–H and O–H groups in total. The average molecular weight is 257 g/mol. The summed E-state index contributed by atoms with van der Waals surface area (Å²) < 4.78 is 0. The summed E-state index contributed by atoms with van der Waals surface area (Å²) in [5.74, 6) is 1.13. The summed E-state index contributed by atoms with van der Waals surface area (Å²) in [4.78, 5) is 14.4. The standard InChI is InChI=1S/C17H23NO/c19-17(13-15-8-9-15)18-12-4-7-16(18)11-10-14-5-2-1-3-6-14/h1-3,5-6,15-16H,4,7-13H2. The molecule has 1 aliphatic heterocycles. The van der Waals surface area contributed by atoms with Gasteiger partial charge in [0.1, 0.15) is 0 Å². The number of rotatable bonds is 5. The first kappa shape index (κ1) is 12.7. The van der Waals surface area contributed by atoms with Crippen molar-refractivity contribution in [1.29, 1.82) is 0 Å². The van der Waals surface area contributed by atoms with E-state index in [9.17, 15) is 4.79 Å². The fourth-order valence-corrected chi connectivity index (χ4v) is 3.13. The van der Waals surface area contributed by atoms with E-state index in [1.54, 1.807) is 0 Å². The van der Waals surface area contributed by atoms with Gasteiger partial charge in [0.15, 0.2) is 0 Å². The molecule has 1 saturated heterocycles. The molecule has 0 bridgehead atoms. The van der Waals surface area contributed by atoms with Gasteiger partial charge in [-0.2, -0.15) is 0 Å². The van der Waals surface area contributed by atoms with Gasteiger partial charge in [0.05, 0.1) is 0 Å². The van der Waals surface area contributed by atoms with Gasteiger partial charge in [-0.05, 0) is 50.0 Å². The van der Waals surface area contributed by atoms with Crippen LogP contribution >= 0.6 is 0 Å². The van der Waals surface area contributed by atoms with Crippen LogP contribution < -0.4 is 0 Å². The number of nitrogens with zero attached hydrogens (tertiary/aromatic N) is 1. The highest BCUT2D eigenvalue weighted by molar-refractivity contribution is 5.77. The summed E-state index contributed by atoms with van der Waals surface area (Å²) in [7, 11) is 0. The highest BCUT2D eigenvalue weighted by atomic mass is 16.2. The van der Waals surface area contributed by atoms with Crippen molar-refractivity contribution in [2.45, 2.75) is 51.0 Å². The number of amides is 1. The zero-order valence-electron chi connectivity index (χ0n) is 11.6. The lowest BCUT2D eigenvalue weighted by Gasteiger charge is -2.25. The van der Waals surface area contributed by atoms with Gasteiger partial charge in [-0.15, -0.1) is 0 Å². The zero-order valence-corrected chi connectivity index (χ0v) is 11.6. The molecular weight excluding hydrogens is 234 g/mol. The quantitative estimate of drug-likeness (QED) is 0.791. The summed E-state index contributed by atoms with van der Waals surface area (Å²) in [6, 6.07) is 11.1. The van der Waals surface area contributed by atoms with E-state index in [2.05, 4.69) is 35.2 Å². The molecule has 2 fully saturated rings. The predicted octanol–water partition coefficient (Wildman–Crippen LogP) is 3.41. The van der Waals surface area contributed by atoms with Crippen LogP contribution in [0.4, 0.5) is 0 Å². The number of benzene rings is 1. The lowest BCUT2D eigenvalue weighted by molar-refractivity contribution is -0.132. The van der Waals surface area contributed by atoms with Crippen molar-refractivity contribution < 1.29 is 4.79 Å². The van der Waals surface area contributed by atoms with Gasteiger partial charge >= 0.3 is 0 Å². The topological polar surface area (TPSA) is 20.3 Å². The molecule has 3 rings (SSSR count). The second-order valence-electron chi connectivity index (χ2n) is 6.05. The molecule has 1 aromatic rings. The summed E-state index contributed by atoms with van der Waals surface area (Å²) in [5, 5.41) is 0. The molecule has 1 unspecified atom stereocenters. The van der Waals surface area contributed by atoms with Crippen LogP contribution in [-0.4, -0.2) is 23.4 Å². The number of carbonyl (C=O) groups excluding carboxylic acids is 1. The first-order valence-corrected chi connectivity index (χ1v) is 7.66. The molecule has 19 heavy (non-hydrogen) atoms. The minimum absolute atomic E-state index is 0.415. The molecule has 102 valence electrons. The molecule has 1 aliphatic carbocycles. The Balaban J connectivity index is 1.52. The van der Waals surface area contributed by atoms with Crippen LogP contribution in [0.25, 0.3) is 0 Å². The molecule has 1 aromatic carbocycles. The lowest BCUT2D eigenvalue weighted by atomic mass is 10.0. The van der Waals surface area contributed by atoms with Crippen molar-refractivity contribution in [2.24, 2.45) is 5.92 Å².